The van der Waals surface area contributed by atoms with E-state index in [9.17, 15) is 34.1 Å². The first kappa shape index (κ1) is 53.0. The Hall–Kier alpha value is -2.04. The van der Waals surface area contributed by atoms with E-state index >= 15 is 0 Å². The summed E-state index contributed by atoms with van der Waals surface area (Å²) in [6.45, 7) is 2.55. The number of hydrogen-bond acceptors (Lipinski definition) is 8. The third kappa shape index (κ3) is 38.6. The van der Waals surface area contributed by atoms with Crippen LogP contribution < -0.4 is 5.32 Å². The molecule has 0 heterocycles. The van der Waals surface area contributed by atoms with Crippen LogP contribution in [0.5, 0.6) is 0 Å². The first-order chi connectivity index (χ1) is 26.6. The Morgan fingerprint density at radius 1 is 0.564 bits per heavy atom. The lowest BCUT2D eigenvalue weighted by molar-refractivity contribution is -0.147. The lowest BCUT2D eigenvalue weighted by Gasteiger charge is -2.18. The van der Waals surface area contributed by atoms with Crippen LogP contribution in [-0.2, 0) is 32.7 Å². The largest absolute Gasteiger partial charge is 0.480 e. The summed E-state index contributed by atoms with van der Waals surface area (Å²) in [5, 5.41) is 21.8. The molecule has 12 heteroatoms. The number of allylic oxidation sites excluding steroid dienone is 4. The molecule has 0 radical (unpaired) electrons. The molecule has 0 rings (SSSR count). The van der Waals surface area contributed by atoms with Gasteiger partial charge < -0.3 is 25.2 Å². The van der Waals surface area contributed by atoms with E-state index in [1.807, 2.05) is 0 Å². The van der Waals surface area contributed by atoms with E-state index in [0.717, 1.165) is 57.8 Å². The molecular formula is C43H80NO10P. The molecule has 55 heavy (non-hydrogen) atoms. The van der Waals surface area contributed by atoms with Crippen molar-refractivity contribution >= 4 is 25.7 Å². The van der Waals surface area contributed by atoms with Crippen molar-refractivity contribution in [3.8, 4) is 0 Å². The number of phosphoric acid groups is 1. The highest BCUT2D eigenvalue weighted by molar-refractivity contribution is 7.47. The topological polar surface area (TPSA) is 169 Å². The number of rotatable bonds is 41. The quantitative estimate of drug-likeness (QED) is 0.0202. The van der Waals surface area contributed by atoms with Crippen LogP contribution in [0.4, 0.5) is 0 Å². The molecule has 11 nitrogen and oxygen atoms in total. The van der Waals surface area contributed by atoms with Crippen molar-refractivity contribution in [2.75, 3.05) is 19.8 Å². The highest BCUT2D eigenvalue weighted by atomic mass is 31.2. The predicted octanol–water partition coefficient (Wildman–Crippen LogP) is 11.1. The molecule has 0 saturated carbocycles. The van der Waals surface area contributed by atoms with Gasteiger partial charge >= 0.3 is 19.8 Å². The van der Waals surface area contributed by atoms with Crippen molar-refractivity contribution in [1.29, 1.82) is 0 Å². The molecule has 4 N–H and O–H groups in total. The Bertz CT molecular complexity index is 1040. The lowest BCUT2D eigenvalue weighted by atomic mass is 10.1. The molecule has 322 valence electrons. The van der Waals surface area contributed by atoms with Crippen LogP contribution in [0.2, 0.25) is 0 Å². The second kappa shape index (κ2) is 38.8. The molecule has 0 aromatic carbocycles. The molecule has 1 amide bonds. The van der Waals surface area contributed by atoms with Crippen molar-refractivity contribution < 1.29 is 47.8 Å². The average molecular weight is 802 g/mol. The molecule has 0 aliphatic carbocycles. The van der Waals surface area contributed by atoms with Crippen LogP contribution in [0.15, 0.2) is 24.3 Å². The van der Waals surface area contributed by atoms with Gasteiger partial charge in [0.25, 0.3) is 0 Å². The number of carboxylic acid groups (broad SMARTS) is 1. The van der Waals surface area contributed by atoms with Gasteiger partial charge in [-0.2, -0.15) is 0 Å². The Balaban J connectivity index is 3.87. The number of amides is 1. The molecular weight excluding hydrogens is 721 g/mol. The Morgan fingerprint density at radius 2 is 0.945 bits per heavy atom. The minimum absolute atomic E-state index is 0.136. The predicted molar refractivity (Wildman–Crippen MR) is 222 cm³/mol. The van der Waals surface area contributed by atoms with Crippen LogP contribution in [0, 0.1) is 0 Å². The van der Waals surface area contributed by atoms with Gasteiger partial charge in [-0.1, -0.05) is 147 Å². The number of carbonyl (C=O) groups is 3. The summed E-state index contributed by atoms with van der Waals surface area (Å²) in [7, 11) is -4.75. The maximum Gasteiger partial charge on any atom is 0.472 e. The SMILES string of the molecule is CCCCC/C=C\CCCCCCCC(=O)NC(COP(=O)(O)OCC(O)COC(=O)CCCCCCCCCCC/C=C/CCCCCCCC)C(=O)O. The highest BCUT2D eigenvalue weighted by Gasteiger charge is 2.28. The molecule has 0 saturated heterocycles. The zero-order valence-electron chi connectivity index (χ0n) is 34.7. The van der Waals surface area contributed by atoms with Crippen molar-refractivity contribution in [3.63, 3.8) is 0 Å². The van der Waals surface area contributed by atoms with E-state index in [2.05, 4.69) is 43.5 Å². The summed E-state index contributed by atoms with van der Waals surface area (Å²) >= 11 is 0. The summed E-state index contributed by atoms with van der Waals surface area (Å²) in [6.07, 6.45) is 39.2. The van der Waals surface area contributed by atoms with Gasteiger partial charge in [0, 0.05) is 12.8 Å². The number of carboxylic acids is 1. The first-order valence-corrected chi connectivity index (χ1v) is 23.4. The van der Waals surface area contributed by atoms with Crippen molar-refractivity contribution in [2.45, 2.75) is 212 Å². The Kier molecular flexibility index (Phi) is 37.4. The van der Waals surface area contributed by atoms with Gasteiger partial charge in [0.1, 0.15) is 12.7 Å². The zero-order valence-corrected chi connectivity index (χ0v) is 35.6. The van der Waals surface area contributed by atoms with Crippen molar-refractivity contribution in [1.82, 2.24) is 5.32 Å². The second-order valence-electron chi connectivity index (χ2n) is 14.9. The Labute approximate surface area is 334 Å². The number of unbranched alkanes of at least 4 members (excludes halogenated alkanes) is 23. The summed E-state index contributed by atoms with van der Waals surface area (Å²) in [5.41, 5.74) is 0. The molecule has 0 aliphatic heterocycles. The van der Waals surface area contributed by atoms with Gasteiger partial charge in [-0.3, -0.25) is 18.6 Å². The average Bonchev–Trinajstić information content (AvgIpc) is 3.16. The van der Waals surface area contributed by atoms with Crippen molar-refractivity contribution in [3.05, 3.63) is 24.3 Å². The number of carbonyl (C=O) groups excluding carboxylic acids is 2. The number of aliphatic carboxylic acids is 1. The normalized spacial score (nSPS) is 14.0. The summed E-state index contributed by atoms with van der Waals surface area (Å²) < 4.78 is 26.8. The number of hydrogen-bond donors (Lipinski definition) is 4. The molecule has 3 atom stereocenters. The number of aliphatic hydroxyl groups is 1. The summed E-state index contributed by atoms with van der Waals surface area (Å²) in [4.78, 5) is 45.8. The fraction of sp³-hybridized carbons (Fsp3) is 0.837. The minimum Gasteiger partial charge on any atom is -0.480 e. The van der Waals surface area contributed by atoms with Crippen LogP contribution in [0.25, 0.3) is 0 Å². The van der Waals surface area contributed by atoms with Gasteiger partial charge in [-0.15, -0.1) is 0 Å². The first-order valence-electron chi connectivity index (χ1n) is 21.9. The van der Waals surface area contributed by atoms with E-state index in [1.165, 1.54) is 103 Å². The van der Waals surface area contributed by atoms with E-state index in [0.29, 0.717) is 12.8 Å². The third-order valence-electron chi connectivity index (χ3n) is 9.46. The van der Waals surface area contributed by atoms with Gasteiger partial charge in [-0.25, -0.2) is 9.36 Å². The number of aliphatic hydroxyl groups excluding tert-OH is 1. The van der Waals surface area contributed by atoms with Gasteiger partial charge in [0.2, 0.25) is 5.91 Å². The summed E-state index contributed by atoms with van der Waals surface area (Å²) in [6, 6.07) is -1.55. The number of ether oxygens (including phenoxy) is 1. The van der Waals surface area contributed by atoms with E-state index in [-0.39, 0.29) is 12.8 Å². The molecule has 0 bridgehead atoms. The van der Waals surface area contributed by atoms with Crippen molar-refractivity contribution in [2.24, 2.45) is 0 Å². The minimum atomic E-state index is -4.75. The number of phosphoric ester groups is 1. The molecule has 3 unspecified atom stereocenters. The van der Waals surface area contributed by atoms with E-state index < -0.39 is 57.6 Å². The van der Waals surface area contributed by atoms with Gasteiger partial charge in [0.05, 0.1) is 13.2 Å². The molecule has 0 aromatic heterocycles. The van der Waals surface area contributed by atoms with Gasteiger partial charge in [-0.05, 0) is 64.2 Å². The van der Waals surface area contributed by atoms with Gasteiger partial charge in [0.15, 0.2) is 6.04 Å². The maximum atomic E-state index is 12.3. The zero-order chi connectivity index (χ0) is 40.7. The molecule has 0 aromatic rings. The fourth-order valence-electron chi connectivity index (χ4n) is 6.01. The van der Waals surface area contributed by atoms with Crippen LogP contribution in [0.1, 0.15) is 200 Å². The molecule has 0 spiro atoms. The smallest absolute Gasteiger partial charge is 0.472 e. The standard InChI is InChI=1S/C43H80NO10P/c1-3-5-7-9-11-13-15-17-18-19-20-21-22-23-25-27-29-31-33-35-42(47)52-36-39(45)37-53-55(50,51)54-38-40(43(48)49)44-41(46)34-32-30-28-26-24-16-14-12-10-8-6-4-2/h12,14,17-18,39-40,45H,3-11,13,15-16,19-38H2,1-2H3,(H,44,46)(H,48,49)(H,50,51)/b14-12-,18-17+. The van der Waals surface area contributed by atoms with Crippen LogP contribution >= 0.6 is 7.82 Å². The number of esters is 1. The monoisotopic (exact) mass is 802 g/mol. The highest BCUT2D eigenvalue weighted by Crippen LogP contribution is 2.43. The summed E-state index contributed by atoms with van der Waals surface area (Å²) in [5.74, 6) is -2.38. The number of nitrogens with one attached hydrogen (secondary N) is 1. The van der Waals surface area contributed by atoms with E-state index in [4.69, 9.17) is 13.8 Å². The Morgan fingerprint density at radius 3 is 1.42 bits per heavy atom. The fourth-order valence-corrected chi connectivity index (χ4v) is 6.78. The molecule has 0 fully saturated rings. The second-order valence-corrected chi connectivity index (χ2v) is 16.3. The lowest BCUT2D eigenvalue weighted by Crippen LogP contribution is -2.43. The van der Waals surface area contributed by atoms with Crippen LogP contribution in [0.3, 0.4) is 0 Å². The maximum absolute atomic E-state index is 12.3. The van der Waals surface area contributed by atoms with E-state index in [1.54, 1.807) is 0 Å². The van der Waals surface area contributed by atoms with Crippen LogP contribution in [-0.4, -0.2) is 64.9 Å². The molecule has 0 aliphatic rings. The third-order valence-corrected chi connectivity index (χ3v) is 10.4.